The molecule has 1 aliphatic rings. The van der Waals surface area contributed by atoms with Gasteiger partial charge in [-0.05, 0) is 60.2 Å². The second-order valence-corrected chi connectivity index (χ2v) is 10.2. The van der Waals surface area contributed by atoms with Gasteiger partial charge in [-0.25, -0.2) is 4.99 Å². The summed E-state index contributed by atoms with van der Waals surface area (Å²) in [6.45, 7) is 0.265. The van der Waals surface area contributed by atoms with Crippen LogP contribution >= 0.6 is 27.7 Å². The van der Waals surface area contributed by atoms with Crippen molar-refractivity contribution >= 4 is 56.0 Å². The predicted octanol–water partition coefficient (Wildman–Crippen LogP) is 5.64. The van der Waals surface area contributed by atoms with Gasteiger partial charge in [0.25, 0.3) is 0 Å². The number of hydrogen-bond acceptors (Lipinski definition) is 7. The van der Waals surface area contributed by atoms with Gasteiger partial charge < -0.3 is 19.5 Å². The third-order valence-electron chi connectivity index (χ3n) is 5.61. The van der Waals surface area contributed by atoms with E-state index in [0.29, 0.717) is 33.8 Å². The molecular weight excluding hydrogens is 558 g/mol. The molecular formula is C27H26BrN3O5S. The number of ether oxygens (including phenoxy) is 3. The average molecular weight is 584 g/mol. The summed E-state index contributed by atoms with van der Waals surface area (Å²) in [6, 6.07) is 20.0. The highest BCUT2D eigenvalue weighted by Crippen LogP contribution is 2.33. The molecule has 0 saturated carbocycles. The van der Waals surface area contributed by atoms with E-state index in [9.17, 15) is 9.59 Å². The number of nitrogens with zero attached hydrogens (tertiary/aromatic N) is 2. The fourth-order valence-corrected chi connectivity index (χ4v) is 5.21. The van der Waals surface area contributed by atoms with Crippen molar-refractivity contribution in [3.8, 4) is 17.2 Å². The number of carbonyl (C=O) groups excluding carboxylic acids is 2. The predicted molar refractivity (Wildman–Crippen MR) is 149 cm³/mol. The Hall–Kier alpha value is -3.50. The molecule has 37 heavy (non-hydrogen) atoms. The molecule has 192 valence electrons. The summed E-state index contributed by atoms with van der Waals surface area (Å²) in [5.41, 5.74) is 2.13. The monoisotopic (exact) mass is 583 g/mol. The van der Waals surface area contributed by atoms with Crippen LogP contribution in [0.3, 0.4) is 0 Å². The van der Waals surface area contributed by atoms with Crippen molar-refractivity contribution in [2.75, 3.05) is 26.6 Å². The van der Waals surface area contributed by atoms with Crippen LogP contribution in [-0.2, 0) is 16.1 Å². The quantitative estimate of drug-likeness (QED) is 0.369. The van der Waals surface area contributed by atoms with Crippen LogP contribution in [0.5, 0.6) is 17.2 Å². The minimum Gasteiger partial charge on any atom is -0.497 e. The molecule has 1 atom stereocenters. The van der Waals surface area contributed by atoms with Gasteiger partial charge in [-0.2, -0.15) is 0 Å². The van der Waals surface area contributed by atoms with Crippen molar-refractivity contribution in [1.82, 2.24) is 4.90 Å². The SMILES string of the molecule is COc1ccc(N=C2SC(C(=O)Nc3cccc(Br)c3)CC(=O)N2Cc2ccc(OC)c(OC)c2)cc1. The molecule has 3 aromatic rings. The largest absolute Gasteiger partial charge is 0.497 e. The maximum Gasteiger partial charge on any atom is 0.238 e. The number of methoxy groups -OCH3 is 3. The zero-order valence-corrected chi connectivity index (χ0v) is 23.0. The molecule has 1 aliphatic heterocycles. The number of nitrogens with one attached hydrogen (secondary N) is 1. The first-order valence-corrected chi connectivity index (χ1v) is 13.0. The smallest absolute Gasteiger partial charge is 0.238 e. The molecule has 3 aromatic carbocycles. The fraction of sp³-hybridized carbons (Fsp3) is 0.222. The van der Waals surface area contributed by atoms with Crippen LogP contribution in [0.4, 0.5) is 11.4 Å². The number of anilines is 1. The highest BCUT2D eigenvalue weighted by atomic mass is 79.9. The Balaban J connectivity index is 1.62. The summed E-state index contributed by atoms with van der Waals surface area (Å²) in [7, 11) is 4.73. The Kier molecular flexibility index (Phi) is 8.73. The van der Waals surface area contributed by atoms with E-state index < -0.39 is 5.25 Å². The molecule has 0 bridgehead atoms. The number of hydrogen-bond donors (Lipinski definition) is 1. The topological polar surface area (TPSA) is 89.5 Å². The molecule has 1 heterocycles. The van der Waals surface area contributed by atoms with Crippen LogP contribution in [0.15, 0.2) is 76.2 Å². The third kappa shape index (κ3) is 6.64. The van der Waals surface area contributed by atoms with Gasteiger partial charge in [-0.1, -0.05) is 39.8 Å². The fourth-order valence-electron chi connectivity index (χ4n) is 3.71. The number of thioether (sulfide) groups is 1. The van der Waals surface area contributed by atoms with Crippen LogP contribution in [0.25, 0.3) is 0 Å². The van der Waals surface area contributed by atoms with E-state index in [1.165, 1.54) is 11.8 Å². The van der Waals surface area contributed by atoms with E-state index in [0.717, 1.165) is 10.0 Å². The van der Waals surface area contributed by atoms with Crippen molar-refractivity contribution in [3.63, 3.8) is 0 Å². The highest BCUT2D eigenvalue weighted by Gasteiger charge is 2.36. The Bertz CT molecular complexity index is 1320. The minimum atomic E-state index is -0.634. The van der Waals surface area contributed by atoms with Crippen molar-refractivity contribution in [3.05, 3.63) is 76.8 Å². The lowest BCUT2D eigenvalue weighted by Crippen LogP contribution is -2.44. The van der Waals surface area contributed by atoms with Crippen LogP contribution in [0.2, 0.25) is 0 Å². The molecule has 1 fully saturated rings. The van der Waals surface area contributed by atoms with E-state index in [-0.39, 0.29) is 24.8 Å². The first kappa shape index (κ1) is 26.6. The molecule has 8 nitrogen and oxygen atoms in total. The maximum absolute atomic E-state index is 13.4. The Morgan fingerprint density at radius 2 is 1.78 bits per heavy atom. The van der Waals surface area contributed by atoms with Crippen LogP contribution < -0.4 is 19.5 Å². The normalized spacial score (nSPS) is 16.4. The third-order valence-corrected chi connectivity index (χ3v) is 7.29. The van der Waals surface area contributed by atoms with E-state index in [1.54, 1.807) is 62.6 Å². The average Bonchev–Trinajstić information content (AvgIpc) is 2.90. The number of carbonyl (C=O) groups is 2. The summed E-state index contributed by atoms with van der Waals surface area (Å²) in [4.78, 5) is 32.8. The lowest BCUT2D eigenvalue weighted by atomic mass is 10.1. The van der Waals surface area contributed by atoms with Crippen molar-refractivity contribution < 1.29 is 23.8 Å². The summed E-state index contributed by atoms with van der Waals surface area (Å²) >= 11 is 4.67. The van der Waals surface area contributed by atoms with Gasteiger partial charge in [0.2, 0.25) is 11.8 Å². The van der Waals surface area contributed by atoms with Gasteiger partial charge in [0.1, 0.15) is 11.0 Å². The van der Waals surface area contributed by atoms with Crippen LogP contribution in [0.1, 0.15) is 12.0 Å². The number of aliphatic imine (C=N–C) groups is 1. The number of amides is 2. The van der Waals surface area contributed by atoms with E-state index >= 15 is 0 Å². The zero-order valence-electron chi connectivity index (χ0n) is 20.6. The van der Waals surface area contributed by atoms with E-state index in [4.69, 9.17) is 19.2 Å². The van der Waals surface area contributed by atoms with Crippen LogP contribution in [-0.4, -0.2) is 48.5 Å². The molecule has 0 radical (unpaired) electrons. The second-order valence-electron chi connectivity index (χ2n) is 8.07. The molecule has 10 heteroatoms. The van der Waals surface area contributed by atoms with Gasteiger partial charge in [-0.3, -0.25) is 14.5 Å². The second kappa shape index (κ2) is 12.2. The number of amidine groups is 1. The van der Waals surface area contributed by atoms with Crippen molar-refractivity contribution in [1.29, 1.82) is 0 Å². The Morgan fingerprint density at radius 3 is 2.46 bits per heavy atom. The first-order valence-electron chi connectivity index (χ1n) is 11.4. The number of benzene rings is 3. The number of rotatable bonds is 8. The molecule has 1 saturated heterocycles. The Morgan fingerprint density at radius 1 is 1.03 bits per heavy atom. The van der Waals surface area contributed by atoms with Gasteiger partial charge in [-0.15, -0.1) is 0 Å². The highest BCUT2D eigenvalue weighted by molar-refractivity contribution is 9.10. The van der Waals surface area contributed by atoms with Crippen molar-refractivity contribution in [2.45, 2.75) is 18.2 Å². The standard InChI is InChI=1S/C27H26BrN3O5S/c1-34-21-10-8-19(9-11-21)30-27-31(16-17-7-12-22(35-2)23(13-17)36-3)25(32)15-24(37-27)26(33)29-20-6-4-5-18(28)14-20/h4-14,24H,15-16H2,1-3H3,(H,29,33). The van der Waals surface area contributed by atoms with Crippen molar-refractivity contribution in [2.24, 2.45) is 4.99 Å². The van der Waals surface area contributed by atoms with Crippen LogP contribution in [0, 0.1) is 0 Å². The summed E-state index contributed by atoms with van der Waals surface area (Å²) in [5.74, 6) is 1.41. The van der Waals surface area contributed by atoms with E-state index in [1.807, 2.05) is 30.3 Å². The molecule has 0 aromatic heterocycles. The maximum atomic E-state index is 13.4. The molecule has 1 unspecified atom stereocenters. The Labute approximate surface area is 228 Å². The lowest BCUT2D eigenvalue weighted by molar-refractivity contribution is -0.129. The minimum absolute atomic E-state index is 0.0411. The zero-order chi connectivity index (χ0) is 26.4. The summed E-state index contributed by atoms with van der Waals surface area (Å²) in [6.07, 6.45) is 0.0411. The molecule has 1 N–H and O–H groups in total. The van der Waals surface area contributed by atoms with Gasteiger partial charge in [0.15, 0.2) is 16.7 Å². The summed E-state index contributed by atoms with van der Waals surface area (Å²) < 4.78 is 16.8. The van der Waals surface area contributed by atoms with E-state index in [2.05, 4.69) is 21.2 Å². The number of halogens is 1. The lowest BCUT2D eigenvalue weighted by Gasteiger charge is -2.32. The molecule has 0 spiro atoms. The van der Waals surface area contributed by atoms with Gasteiger partial charge in [0.05, 0.1) is 33.6 Å². The first-order chi connectivity index (χ1) is 17.9. The molecule has 4 rings (SSSR count). The molecule has 2 amide bonds. The molecule has 0 aliphatic carbocycles. The van der Waals surface area contributed by atoms with Gasteiger partial charge in [0, 0.05) is 16.6 Å². The summed E-state index contributed by atoms with van der Waals surface area (Å²) in [5, 5.41) is 2.70. The van der Waals surface area contributed by atoms with Gasteiger partial charge >= 0.3 is 0 Å².